The lowest BCUT2D eigenvalue weighted by Crippen LogP contribution is -2.25. The molecule has 0 aliphatic rings. The van der Waals surface area contributed by atoms with Gasteiger partial charge in [-0.2, -0.15) is 0 Å². The van der Waals surface area contributed by atoms with Crippen LogP contribution in [0.15, 0.2) is 12.1 Å². The van der Waals surface area contributed by atoms with Gasteiger partial charge in [-0.3, -0.25) is 4.90 Å². The van der Waals surface area contributed by atoms with Crippen molar-refractivity contribution in [3.63, 3.8) is 0 Å². The second-order valence-corrected chi connectivity index (χ2v) is 4.53. The third-order valence-electron chi connectivity index (χ3n) is 3.09. The van der Waals surface area contributed by atoms with E-state index in [2.05, 4.69) is 25.8 Å². The minimum absolute atomic E-state index is 0.475. The van der Waals surface area contributed by atoms with E-state index in [0.29, 0.717) is 11.8 Å². The number of benzene rings is 1. The fraction of sp³-hybridized carbons (Fsp3) is 0.571. The smallest absolute Gasteiger partial charge is 0.164 e. The monoisotopic (exact) mass is 253 g/mol. The summed E-state index contributed by atoms with van der Waals surface area (Å²) in [5, 5.41) is 0. The third kappa shape index (κ3) is 3.29. The van der Waals surface area contributed by atoms with Crippen LogP contribution in [0.3, 0.4) is 0 Å². The Labute approximate surface area is 109 Å². The Hall–Kier alpha value is -1.42. The maximum atomic E-state index is 5.41. The number of nitrogens with zero attached hydrogens (tertiary/aromatic N) is 1. The van der Waals surface area contributed by atoms with Crippen molar-refractivity contribution in [2.45, 2.75) is 26.4 Å². The predicted molar refractivity (Wildman–Crippen MR) is 72.7 cm³/mol. The number of hydrogen-bond donors (Lipinski definition) is 0. The quantitative estimate of drug-likeness (QED) is 0.779. The highest BCUT2D eigenvalue weighted by Gasteiger charge is 2.14. The number of methoxy groups -OCH3 is 3. The summed E-state index contributed by atoms with van der Waals surface area (Å²) in [6.45, 7) is 5.13. The first-order valence-electron chi connectivity index (χ1n) is 6.02. The van der Waals surface area contributed by atoms with E-state index >= 15 is 0 Å². The standard InChI is InChI=1S/C14H23NO3/c1-10(2)15(3)9-11-7-13(17-5)14(18-6)8-12(11)16-4/h7-8,10H,9H2,1-6H3. The highest BCUT2D eigenvalue weighted by molar-refractivity contribution is 5.50. The van der Waals surface area contributed by atoms with Gasteiger partial charge in [0.15, 0.2) is 11.5 Å². The summed E-state index contributed by atoms with van der Waals surface area (Å²) < 4.78 is 16.0. The molecule has 0 radical (unpaired) electrons. The molecule has 0 saturated heterocycles. The van der Waals surface area contributed by atoms with Gasteiger partial charge in [-0.1, -0.05) is 0 Å². The average Bonchev–Trinajstić information content (AvgIpc) is 2.37. The van der Waals surface area contributed by atoms with Gasteiger partial charge in [0.1, 0.15) is 5.75 Å². The van der Waals surface area contributed by atoms with E-state index < -0.39 is 0 Å². The largest absolute Gasteiger partial charge is 0.496 e. The molecule has 0 unspecified atom stereocenters. The van der Waals surface area contributed by atoms with Crippen molar-refractivity contribution in [1.29, 1.82) is 0 Å². The van der Waals surface area contributed by atoms with Crippen molar-refractivity contribution in [3.8, 4) is 17.2 Å². The van der Waals surface area contributed by atoms with E-state index in [9.17, 15) is 0 Å². The summed E-state index contributed by atoms with van der Waals surface area (Å²) in [5.74, 6) is 2.23. The van der Waals surface area contributed by atoms with Gasteiger partial charge in [0.05, 0.1) is 21.3 Å². The molecule has 0 atom stereocenters. The first-order chi connectivity index (χ1) is 8.53. The van der Waals surface area contributed by atoms with E-state index in [1.807, 2.05) is 12.1 Å². The summed E-state index contributed by atoms with van der Waals surface area (Å²) in [6.07, 6.45) is 0. The summed E-state index contributed by atoms with van der Waals surface area (Å²) in [6, 6.07) is 4.31. The fourth-order valence-corrected chi connectivity index (χ4v) is 1.67. The molecule has 0 amide bonds. The topological polar surface area (TPSA) is 30.9 Å². The van der Waals surface area contributed by atoms with Gasteiger partial charge < -0.3 is 14.2 Å². The van der Waals surface area contributed by atoms with Crippen molar-refractivity contribution in [2.75, 3.05) is 28.4 Å². The van der Waals surface area contributed by atoms with Crippen molar-refractivity contribution < 1.29 is 14.2 Å². The molecule has 1 aromatic rings. The van der Waals surface area contributed by atoms with Crippen LogP contribution in [0.5, 0.6) is 17.2 Å². The summed E-state index contributed by atoms with van der Waals surface area (Å²) in [5.41, 5.74) is 1.09. The van der Waals surface area contributed by atoms with Crippen LogP contribution in [0.25, 0.3) is 0 Å². The Morgan fingerprint density at radius 3 is 1.89 bits per heavy atom. The molecule has 102 valence electrons. The Morgan fingerprint density at radius 1 is 0.944 bits per heavy atom. The van der Waals surface area contributed by atoms with E-state index in [4.69, 9.17) is 14.2 Å². The highest BCUT2D eigenvalue weighted by atomic mass is 16.5. The number of rotatable bonds is 6. The predicted octanol–water partition coefficient (Wildman–Crippen LogP) is 2.55. The molecule has 0 aromatic heterocycles. The van der Waals surface area contributed by atoms with Crippen LogP contribution in [0.2, 0.25) is 0 Å². The van der Waals surface area contributed by atoms with Crippen LogP contribution in [-0.4, -0.2) is 39.3 Å². The molecule has 1 rings (SSSR count). The zero-order valence-electron chi connectivity index (χ0n) is 12.1. The third-order valence-corrected chi connectivity index (χ3v) is 3.09. The van der Waals surface area contributed by atoms with Gasteiger partial charge >= 0.3 is 0 Å². The number of ether oxygens (including phenoxy) is 3. The Balaban J connectivity index is 3.09. The minimum atomic E-state index is 0.475. The molecule has 0 aliphatic heterocycles. The normalized spacial score (nSPS) is 10.9. The van der Waals surface area contributed by atoms with Gasteiger partial charge in [0, 0.05) is 24.2 Å². The molecule has 0 fully saturated rings. The highest BCUT2D eigenvalue weighted by Crippen LogP contribution is 2.35. The molecule has 4 nitrogen and oxygen atoms in total. The van der Waals surface area contributed by atoms with Crippen molar-refractivity contribution >= 4 is 0 Å². The van der Waals surface area contributed by atoms with Crippen LogP contribution in [-0.2, 0) is 6.54 Å². The van der Waals surface area contributed by atoms with Crippen LogP contribution in [0.4, 0.5) is 0 Å². The SMILES string of the molecule is COc1cc(OC)c(OC)cc1CN(C)C(C)C. The zero-order chi connectivity index (χ0) is 13.7. The van der Waals surface area contributed by atoms with Crippen LogP contribution in [0.1, 0.15) is 19.4 Å². The lowest BCUT2D eigenvalue weighted by Gasteiger charge is -2.23. The van der Waals surface area contributed by atoms with E-state index in [0.717, 1.165) is 23.6 Å². The Bertz CT molecular complexity index is 391. The lowest BCUT2D eigenvalue weighted by molar-refractivity contribution is 0.260. The molecule has 0 bridgehead atoms. The minimum Gasteiger partial charge on any atom is -0.496 e. The molecule has 18 heavy (non-hydrogen) atoms. The Kier molecular flexibility index (Phi) is 5.28. The molecule has 0 heterocycles. The van der Waals surface area contributed by atoms with Crippen LogP contribution < -0.4 is 14.2 Å². The average molecular weight is 253 g/mol. The van der Waals surface area contributed by atoms with Crippen LogP contribution in [0, 0.1) is 0 Å². The first-order valence-corrected chi connectivity index (χ1v) is 6.02. The van der Waals surface area contributed by atoms with Gasteiger partial charge in [-0.15, -0.1) is 0 Å². The van der Waals surface area contributed by atoms with Crippen molar-refractivity contribution in [3.05, 3.63) is 17.7 Å². The molecule has 0 aliphatic carbocycles. The van der Waals surface area contributed by atoms with Crippen molar-refractivity contribution in [1.82, 2.24) is 4.90 Å². The molecule has 1 aromatic carbocycles. The first kappa shape index (κ1) is 14.6. The van der Waals surface area contributed by atoms with E-state index in [1.165, 1.54) is 0 Å². The molecule has 0 spiro atoms. The second kappa shape index (κ2) is 6.50. The molecule has 4 heteroatoms. The number of hydrogen-bond acceptors (Lipinski definition) is 4. The van der Waals surface area contributed by atoms with E-state index in [-0.39, 0.29) is 0 Å². The van der Waals surface area contributed by atoms with Gasteiger partial charge in [0.25, 0.3) is 0 Å². The summed E-state index contributed by atoms with van der Waals surface area (Å²) >= 11 is 0. The molecular weight excluding hydrogens is 230 g/mol. The van der Waals surface area contributed by atoms with Gasteiger partial charge in [0.2, 0.25) is 0 Å². The van der Waals surface area contributed by atoms with Gasteiger partial charge in [-0.05, 0) is 27.0 Å². The summed E-state index contributed by atoms with van der Waals surface area (Å²) in [7, 11) is 7.01. The fourth-order valence-electron chi connectivity index (χ4n) is 1.67. The molecule has 0 N–H and O–H groups in total. The maximum Gasteiger partial charge on any atom is 0.164 e. The van der Waals surface area contributed by atoms with Gasteiger partial charge in [-0.25, -0.2) is 0 Å². The lowest BCUT2D eigenvalue weighted by atomic mass is 10.1. The van der Waals surface area contributed by atoms with Crippen LogP contribution >= 0.6 is 0 Å². The van der Waals surface area contributed by atoms with Crippen molar-refractivity contribution in [2.24, 2.45) is 0 Å². The second-order valence-electron chi connectivity index (χ2n) is 4.53. The molecular formula is C14H23NO3. The van der Waals surface area contributed by atoms with E-state index in [1.54, 1.807) is 21.3 Å². The molecule has 0 saturated carbocycles. The Morgan fingerprint density at radius 2 is 1.44 bits per heavy atom. The summed E-state index contributed by atoms with van der Waals surface area (Å²) in [4.78, 5) is 2.24. The zero-order valence-corrected chi connectivity index (χ0v) is 12.1. The maximum absolute atomic E-state index is 5.41.